The van der Waals surface area contributed by atoms with Gasteiger partial charge in [-0.05, 0) is 25.5 Å². The third-order valence-corrected chi connectivity index (χ3v) is 5.61. The van der Waals surface area contributed by atoms with Gasteiger partial charge in [-0.1, -0.05) is 30.3 Å². The molecule has 0 aliphatic heterocycles. The third-order valence-electron chi connectivity index (χ3n) is 4.72. The highest BCUT2D eigenvalue weighted by molar-refractivity contribution is 7.15. The summed E-state index contributed by atoms with van der Waals surface area (Å²) in [6.07, 6.45) is 3.20. The van der Waals surface area contributed by atoms with Crippen molar-refractivity contribution in [2.75, 3.05) is 18.5 Å². The van der Waals surface area contributed by atoms with Gasteiger partial charge in [0, 0.05) is 23.3 Å². The molecular formula is C23H20N4O5S. The zero-order chi connectivity index (χ0) is 23.4. The van der Waals surface area contributed by atoms with Gasteiger partial charge in [0.1, 0.15) is 16.1 Å². The molecule has 1 aromatic carbocycles. The Labute approximate surface area is 193 Å². The van der Waals surface area contributed by atoms with Crippen LogP contribution in [0.5, 0.6) is 0 Å². The van der Waals surface area contributed by atoms with Gasteiger partial charge in [-0.2, -0.15) is 5.10 Å². The number of carbonyl (C=O) groups excluding carboxylic acids is 3. The van der Waals surface area contributed by atoms with Gasteiger partial charge in [-0.25, -0.2) is 19.1 Å². The Hall–Kier alpha value is -4.05. The summed E-state index contributed by atoms with van der Waals surface area (Å²) in [6, 6.07) is 11.0. The van der Waals surface area contributed by atoms with Crippen LogP contribution in [-0.2, 0) is 14.3 Å². The number of carbonyl (C=O) groups is 3. The molecule has 0 atom stereocenters. The lowest BCUT2D eigenvalue weighted by molar-refractivity contribution is -0.119. The van der Waals surface area contributed by atoms with E-state index in [9.17, 15) is 14.4 Å². The van der Waals surface area contributed by atoms with Gasteiger partial charge in [0.25, 0.3) is 5.91 Å². The van der Waals surface area contributed by atoms with Crippen LogP contribution < -0.4 is 5.32 Å². The summed E-state index contributed by atoms with van der Waals surface area (Å²) in [5, 5.41) is 8.97. The van der Waals surface area contributed by atoms with Crippen LogP contribution in [0.1, 0.15) is 33.3 Å². The summed E-state index contributed by atoms with van der Waals surface area (Å²) in [5.74, 6) is -1.84. The first-order chi connectivity index (χ1) is 16.0. The number of amides is 1. The van der Waals surface area contributed by atoms with Crippen molar-refractivity contribution < 1.29 is 23.9 Å². The second kappa shape index (κ2) is 9.61. The number of nitrogens with zero attached hydrogens (tertiary/aromatic N) is 3. The fourth-order valence-electron chi connectivity index (χ4n) is 3.29. The van der Waals surface area contributed by atoms with Crippen LogP contribution in [0.25, 0.3) is 16.8 Å². The molecule has 0 aliphatic rings. The zero-order valence-corrected chi connectivity index (χ0v) is 18.7. The lowest BCUT2D eigenvalue weighted by Crippen LogP contribution is -2.22. The standard InChI is InChI=1S/C23H20N4O5S/c1-3-31-23(30)19-16(15-8-5-4-6-9-15)13-33-21(19)25-17(28)12-32-22(29)18-14(2)26-27-11-7-10-24-20(18)27/h4-11,13H,3,12H2,1-2H3,(H,25,28). The molecule has 168 valence electrons. The number of aryl methyl sites for hydroxylation is 1. The zero-order valence-electron chi connectivity index (χ0n) is 17.9. The average Bonchev–Trinajstić information content (AvgIpc) is 3.38. The molecule has 1 amide bonds. The van der Waals surface area contributed by atoms with Crippen LogP contribution in [0.4, 0.5) is 5.00 Å². The fraction of sp³-hybridized carbons (Fsp3) is 0.174. The van der Waals surface area contributed by atoms with Crippen molar-refractivity contribution in [3.8, 4) is 11.1 Å². The molecule has 4 aromatic rings. The lowest BCUT2D eigenvalue weighted by atomic mass is 10.0. The van der Waals surface area contributed by atoms with Gasteiger partial charge in [-0.15, -0.1) is 11.3 Å². The Morgan fingerprint density at radius 3 is 2.58 bits per heavy atom. The molecule has 0 saturated heterocycles. The normalized spacial score (nSPS) is 10.7. The number of nitrogens with one attached hydrogen (secondary N) is 1. The van der Waals surface area contributed by atoms with E-state index in [2.05, 4.69) is 15.4 Å². The molecule has 1 N–H and O–H groups in total. The number of hydrogen-bond donors (Lipinski definition) is 1. The predicted molar refractivity (Wildman–Crippen MR) is 122 cm³/mol. The highest BCUT2D eigenvalue weighted by Gasteiger charge is 2.24. The van der Waals surface area contributed by atoms with Crippen molar-refractivity contribution in [1.82, 2.24) is 14.6 Å². The van der Waals surface area contributed by atoms with E-state index in [4.69, 9.17) is 9.47 Å². The summed E-state index contributed by atoms with van der Waals surface area (Å²) < 4.78 is 11.8. The number of thiophene rings is 1. The highest BCUT2D eigenvalue weighted by Crippen LogP contribution is 2.36. The van der Waals surface area contributed by atoms with Crippen molar-refractivity contribution in [2.45, 2.75) is 13.8 Å². The van der Waals surface area contributed by atoms with E-state index in [-0.39, 0.29) is 17.7 Å². The second-order valence-corrected chi connectivity index (χ2v) is 7.79. The van der Waals surface area contributed by atoms with Crippen molar-refractivity contribution in [2.24, 2.45) is 0 Å². The fourth-order valence-corrected chi connectivity index (χ4v) is 4.26. The number of fused-ring (bicyclic) bond motifs is 1. The summed E-state index contributed by atoms with van der Waals surface area (Å²) >= 11 is 1.19. The van der Waals surface area contributed by atoms with E-state index in [1.54, 1.807) is 31.5 Å². The van der Waals surface area contributed by atoms with Gasteiger partial charge in [0.05, 0.1) is 12.3 Å². The topological polar surface area (TPSA) is 112 Å². The summed E-state index contributed by atoms with van der Waals surface area (Å²) in [6.45, 7) is 3.03. The Morgan fingerprint density at radius 1 is 1.06 bits per heavy atom. The molecule has 0 fully saturated rings. The molecular weight excluding hydrogens is 444 g/mol. The second-order valence-electron chi connectivity index (χ2n) is 6.91. The third kappa shape index (κ3) is 4.60. The molecule has 3 aromatic heterocycles. The van der Waals surface area contributed by atoms with Crippen LogP contribution in [-0.4, -0.2) is 45.7 Å². The maximum Gasteiger partial charge on any atom is 0.344 e. The smallest absolute Gasteiger partial charge is 0.344 e. The van der Waals surface area contributed by atoms with E-state index in [0.717, 1.165) is 5.56 Å². The van der Waals surface area contributed by atoms with Gasteiger partial charge in [-0.3, -0.25) is 4.79 Å². The van der Waals surface area contributed by atoms with Crippen LogP contribution >= 0.6 is 11.3 Å². The molecule has 0 saturated carbocycles. The van der Waals surface area contributed by atoms with Gasteiger partial charge >= 0.3 is 11.9 Å². The van der Waals surface area contributed by atoms with Crippen LogP contribution in [0.15, 0.2) is 54.2 Å². The van der Waals surface area contributed by atoms with Crippen molar-refractivity contribution in [3.63, 3.8) is 0 Å². The minimum absolute atomic E-state index is 0.193. The molecule has 4 rings (SSSR count). The van der Waals surface area contributed by atoms with E-state index < -0.39 is 24.5 Å². The Bertz CT molecular complexity index is 1330. The number of esters is 2. The minimum atomic E-state index is -0.710. The molecule has 0 unspecified atom stereocenters. The first kappa shape index (κ1) is 22.2. The van der Waals surface area contributed by atoms with Gasteiger partial charge < -0.3 is 14.8 Å². The molecule has 9 nitrogen and oxygen atoms in total. The van der Waals surface area contributed by atoms with E-state index in [0.29, 0.717) is 21.9 Å². The average molecular weight is 465 g/mol. The van der Waals surface area contributed by atoms with Gasteiger partial charge in [0.2, 0.25) is 0 Å². The Kier molecular flexibility index (Phi) is 6.45. The summed E-state index contributed by atoms with van der Waals surface area (Å²) in [4.78, 5) is 41.9. The molecule has 0 radical (unpaired) electrons. The van der Waals surface area contributed by atoms with Crippen LogP contribution in [0, 0.1) is 6.92 Å². The molecule has 0 bridgehead atoms. The molecule has 33 heavy (non-hydrogen) atoms. The summed E-state index contributed by atoms with van der Waals surface area (Å²) in [7, 11) is 0. The molecule has 0 aliphatic carbocycles. The Morgan fingerprint density at radius 2 is 1.82 bits per heavy atom. The monoisotopic (exact) mass is 464 g/mol. The van der Waals surface area contributed by atoms with Crippen molar-refractivity contribution >= 4 is 39.8 Å². The number of benzene rings is 1. The number of anilines is 1. The maximum absolute atomic E-state index is 12.6. The summed E-state index contributed by atoms with van der Waals surface area (Å²) in [5.41, 5.74) is 2.71. The lowest BCUT2D eigenvalue weighted by Gasteiger charge is -2.09. The molecule has 3 heterocycles. The van der Waals surface area contributed by atoms with Crippen molar-refractivity contribution in [3.05, 3.63) is 71.0 Å². The SMILES string of the molecule is CCOC(=O)c1c(-c2ccccc2)csc1NC(=O)COC(=O)c1c(C)nn2cccnc12. The number of aromatic nitrogens is 3. The Balaban J connectivity index is 1.50. The first-order valence-electron chi connectivity index (χ1n) is 10.1. The maximum atomic E-state index is 12.6. The molecule has 0 spiro atoms. The number of ether oxygens (including phenoxy) is 2. The predicted octanol–water partition coefficient (Wildman–Crippen LogP) is 3.74. The number of rotatable bonds is 7. The van der Waals surface area contributed by atoms with E-state index in [1.165, 1.54) is 22.0 Å². The number of hydrogen-bond acceptors (Lipinski definition) is 8. The van der Waals surface area contributed by atoms with Crippen molar-refractivity contribution in [1.29, 1.82) is 0 Å². The van der Waals surface area contributed by atoms with Crippen LogP contribution in [0.3, 0.4) is 0 Å². The van der Waals surface area contributed by atoms with E-state index in [1.807, 2.05) is 30.3 Å². The quantitative estimate of drug-likeness (QED) is 0.415. The first-order valence-corrected chi connectivity index (χ1v) is 11.0. The van der Waals surface area contributed by atoms with Gasteiger partial charge in [0.15, 0.2) is 12.3 Å². The highest BCUT2D eigenvalue weighted by atomic mass is 32.1. The minimum Gasteiger partial charge on any atom is -0.462 e. The van der Waals surface area contributed by atoms with E-state index >= 15 is 0 Å². The van der Waals surface area contributed by atoms with Crippen LogP contribution in [0.2, 0.25) is 0 Å². The largest absolute Gasteiger partial charge is 0.462 e. The molecule has 10 heteroatoms.